The minimum Gasteiger partial charge on any atom is -0.399 e. The first-order valence-corrected chi connectivity index (χ1v) is 9.68. The van der Waals surface area contributed by atoms with Crippen molar-refractivity contribution in [3.63, 3.8) is 0 Å². The van der Waals surface area contributed by atoms with Gasteiger partial charge in [0.1, 0.15) is 5.82 Å². The van der Waals surface area contributed by atoms with Gasteiger partial charge < -0.3 is 9.31 Å². The average Bonchev–Trinajstić information content (AvgIpc) is 3.12. The molecule has 1 aliphatic rings. The highest BCUT2D eigenvalue weighted by atomic mass is 16.7. The van der Waals surface area contributed by atoms with E-state index < -0.39 is 0 Å². The Morgan fingerprint density at radius 3 is 2.18 bits per heavy atom. The van der Waals surface area contributed by atoms with Crippen molar-refractivity contribution < 1.29 is 9.31 Å². The molecule has 28 heavy (non-hydrogen) atoms. The molecule has 4 nitrogen and oxygen atoms in total. The molecular formula is C23H23BN2O2. The normalized spacial score (nSPS) is 18.2. The third kappa shape index (κ3) is 2.50. The predicted molar refractivity (Wildman–Crippen MR) is 114 cm³/mol. The second-order valence-corrected chi connectivity index (χ2v) is 8.41. The van der Waals surface area contributed by atoms with E-state index in [2.05, 4.69) is 79.7 Å². The summed E-state index contributed by atoms with van der Waals surface area (Å²) in [6.45, 7) is 8.32. The summed E-state index contributed by atoms with van der Waals surface area (Å²) in [7, 11) is -0.385. The standard InChI is InChI=1S/C23H23BN2O2/c1-22(2)23(3,4)28-24(27-22)16-12-13-18-17-9-5-6-10-19(17)26(20(18)15-16)21-11-7-8-14-25-21/h5-15H,1-4H3. The van der Waals surface area contributed by atoms with E-state index in [-0.39, 0.29) is 18.3 Å². The zero-order valence-corrected chi connectivity index (χ0v) is 16.6. The van der Waals surface area contributed by atoms with Gasteiger partial charge in [-0.3, -0.25) is 4.57 Å². The number of pyridine rings is 1. The SMILES string of the molecule is CC1(C)OB(c2ccc3c4ccccc4n(-c4ccccn4)c3c2)OC1(C)C. The second kappa shape index (κ2) is 5.93. The first-order chi connectivity index (χ1) is 13.4. The fourth-order valence-electron chi connectivity index (χ4n) is 3.85. The van der Waals surface area contributed by atoms with Crippen LogP contribution in [0.25, 0.3) is 27.6 Å². The smallest absolute Gasteiger partial charge is 0.399 e. The molecule has 5 rings (SSSR count). The summed E-state index contributed by atoms with van der Waals surface area (Å²) < 4.78 is 14.8. The van der Waals surface area contributed by atoms with E-state index >= 15 is 0 Å². The molecule has 0 radical (unpaired) electrons. The van der Waals surface area contributed by atoms with Crippen molar-refractivity contribution in [1.82, 2.24) is 9.55 Å². The van der Waals surface area contributed by atoms with Gasteiger partial charge in [-0.05, 0) is 57.4 Å². The summed E-state index contributed by atoms with van der Waals surface area (Å²) in [5, 5.41) is 2.41. The molecule has 1 aliphatic heterocycles. The lowest BCUT2D eigenvalue weighted by Gasteiger charge is -2.32. The molecule has 0 bridgehead atoms. The Bertz CT molecular complexity index is 1170. The third-order valence-corrected chi connectivity index (χ3v) is 6.10. The van der Waals surface area contributed by atoms with Gasteiger partial charge in [-0.25, -0.2) is 4.98 Å². The Morgan fingerprint density at radius 2 is 1.46 bits per heavy atom. The highest BCUT2D eigenvalue weighted by Gasteiger charge is 2.51. The maximum atomic E-state index is 6.27. The van der Waals surface area contributed by atoms with Gasteiger partial charge in [-0.1, -0.05) is 36.4 Å². The molecule has 0 unspecified atom stereocenters. The largest absolute Gasteiger partial charge is 0.494 e. The lowest BCUT2D eigenvalue weighted by molar-refractivity contribution is 0.00578. The molecule has 1 saturated heterocycles. The van der Waals surface area contributed by atoms with E-state index in [1.165, 1.54) is 10.8 Å². The quantitative estimate of drug-likeness (QED) is 0.488. The van der Waals surface area contributed by atoms with Gasteiger partial charge in [0.05, 0.1) is 22.2 Å². The summed E-state index contributed by atoms with van der Waals surface area (Å²) >= 11 is 0. The highest BCUT2D eigenvalue weighted by Crippen LogP contribution is 2.37. The van der Waals surface area contributed by atoms with Crippen LogP contribution in [0, 0.1) is 0 Å². The van der Waals surface area contributed by atoms with Crippen LogP contribution in [-0.2, 0) is 9.31 Å². The Labute approximate surface area is 165 Å². The molecule has 0 saturated carbocycles. The predicted octanol–water partition coefficient (Wildman–Crippen LogP) is 4.48. The van der Waals surface area contributed by atoms with Gasteiger partial charge in [0.15, 0.2) is 0 Å². The van der Waals surface area contributed by atoms with Crippen molar-refractivity contribution in [3.8, 4) is 5.82 Å². The fourth-order valence-corrected chi connectivity index (χ4v) is 3.85. The summed E-state index contributed by atoms with van der Waals surface area (Å²) in [5.41, 5.74) is 2.54. The van der Waals surface area contributed by atoms with Crippen LogP contribution in [0.5, 0.6) is 0 Å². The average molecular weight is 370 g/mol. The minimum atomic E-state index is -0.385. The molecule has 3 heterocycles. The van der Waals surface area contributed by atoms with Gasteiger partial charge in [0, 0.05) is 17.0 Å². The topological polar surface area (TPSA) is 36.3 Å². The van der Waals surface area contributed by atoms with E-state index in [1.807, 2.05) is 24.4 Å². The number of fused-ring (bicyclic) bond motifs is 3. The summed E-state index contributed by atoms with van der Waals surface area (Å²) in [6.07, 6.45) is 1.83. The third-order valence-electron chi connectivity index (χ3n) is 6.10. The van der Waals surface area contributed by atoms with Crippen LogP contribution < -0.4 is 5.46 Å². The number of benzene rings is 2. The number of rotatable bonds is 2. The Morgan fingerprint density at radius 1 is 0.786 bits per heavy atom. The molecular weight excluding hydrogens is 347 g/mol. The fraction of sp³-hybridized carbons (Fsp3) is 0.261. The van der Waals surface area contributed by atoms with Crippen molar-refractivity contribution in [3.05, 3.63) is 66.9 Å². The molecule has 4 aromatic rings. The van der Waals surface area contributed by atoms with E-state index in [1.54, 1.807) is 0 Å². The van der Waals surface area contributed by atoms with E-state index in [9.17, 15) is 0 Å². The molecule has 2 aromatic carbocycles. The van der Waals surface area contributed by atoms with Gasteiger partial charge in [-0.2, -0.15) is 0 Å². The summed E-state index contributed by atoms with van der Waals surface area (Å²) in [5.74, 6) is 0.903. The van der Waals surface area contributed by atoms with Crippen LogP contribution in [-0.4, -0.2) is 27.9 Å². The van der Waals surface area contributed by atoms with Gasteiger partial charge in [0.2, 0.25) is 0 Å². The Hall–Kier alpha value is -2.63. The molecule has 0 N–H and O–H groups in total. The van der Waals surface area contributed by atoms with Crippen LogP contribution in [0.15, 0.2) is 66.9 Å². The minimum absolute atomic E-state index is 0.361. The summed E-state index contributed by atoms with van der Waals surface area (Å²) in [6, 6.07) is 20.9. The maximum absolute atomic E-state index is 6.27. The number of para-hydroxylation sites is 1. The number of aromatic nitrogens is 2. The second-order valence-electron chi connectivity index (χ2n) is 8.41. The number of hydrogen-bond acceptors (Lipinski definition) is 3. The van der Waals surface area contributed by atoms with Crippen LogP contribution in [0.4, 0.5) is 0 Å². The van der Waals surface area contributed by atoms with Crippen molar-refractivity contribution in [2.75, 3.05) is 0 Å². The molecule has 0 spiro atoms. The first-order valence-electron chi connectivity index (χ1n) is 9.68. The van der Waals surface area contributed by atoms with Gasteiger partial charge in [-0.15, -0.1) is 0 Å². The zero-order valence-electron chi connectivity index (χ0n) is 16.6. The lowest BCUT2D eigenvalue weighted by Crippen LogP contribution is -2.41. The van der Waals surface area contributed by atoms with Crippen molar-refractivity contribution in [2.45, 2.75) is 38.9 Å². The van der Waals surface area contributed by atoms with Crippen molar-refractivity contribution in [2.24, 2.45) is 0 Å². The van der Waals surface area contributed by atoms with Crippen LogP contribution >= 0.6 is 0 Å². The number of nitrogens with zero attached hydrogens (tertiary/aromatic N) is 2. The Kier molecular flexibility index (Phi) is 3.70. The molecule has 0 atom stereocenters. The van der Waals surface area contributed by atoms with Gasteiger partial charge in [0.25, 0.3) is 0 Å². The molecule has 5 heteroatoms. The molecule has 140 valence electrons. The maximum Gasteiger partial charge on any atom is 0.494 e. The van der Waals surface area contributed by atoms with Crippen LogP contribution in [0.2, 0.25) is 0 Å². The van der Waals surface area contributed by atoms with Crippen LogP contribution in [0.1, 0.15) is 27.7 Å². The van der Waals surface area contributed by atoms with Crippen LogP contribution in [0.3, 0.4) is 0 Å². The highest BCUT2D eigenvalue weighted by molar-refractivity contribution is 6.62. The molecule has 0 amide bonds. The Balaban J connectivity index is 1.73. The van der Waals surface area contributed by atoms with E-state index in [0.29, 0.717) is 0 Å². The lowest BCUT2D eigenvalue weighted by atomic mass is 9.79. The summed E-state index contributed by atoms with van der Waals surface area (Å²) in [4.78, 5) is 4.60. The molecule has 2 aromatic heterocycles. The van der Waals surface area contributed by atoms with E-state index in [0.717, 1.165) is 22.3 Å². The first kappa shape index (κ1) is 17.5. The van der Waals surface area contributed by atoms with Gasteiger partial charge >= 0.3 is 7.12 Å². The van der Waals surface area contributed by atoms with E-state index in [4.69, 9.17) is 9.31 Å². The molecule has 1 fully saturated rings. The number of hydrogen-bond donors (Lipinski definition) is 0. The zero-order chi connectivity index (χ0) is 19.5. The van der Waals surface area contributed by atoms with Crippen molar-refractivity contribution >= 4 is 34.4 Å². The van der Waals surface area contributed by atoms with Crippen molar-refractivity contribution in [1.29, 1.82) is 0 Å². The molecule has 0 aliphatic carbocycles. The monoisotopic (exact) mass is 370 g/mol.